The zero-order valence-corrected chi connectivity index (χ0v) is 13.3. The fourth-order valence-electron chi connectivity index (χ4n) is 1.47. The van der Waals surface area contributed by atoms with Crippen molar-refractivity contribution < 1.29 is 14.3 Å². The molecule has 1 rings (SSSR count). The Morgan fingerprint density at radius 2 is 2.24 bits per heavy atom. The first-order valence-corrected chi connectivity index (χ1v) is 7.46. The van der Waals surface area contributed by atoms with Gasteiger partial charge in [-0.25, -0.2) is 0 Å². The lowest BCUT2D eigenvalue weighted by atomic mass is 10.4. The van der Waals surface area contributed by atoms with E-state index < -0.39 is 0 Å². The summed E-state index contributed by atoms with van der Waals surface area (Å²) in [6.07, 6.45) is 1.68. The molecule has 1 amide bonds. The average molecular weight is 312 g/mol. The molecule has 1 N–H and O–H groups in total. The van der Waals surface area contributed by atoms with Crippen molar-refractivity contribution in [3.05, 3.63) is 18.5 Å². The highest BCUT2D eigenvalue weighted by Crippen LogP contribution is 2.21. The normalized spacial score (nSPS) is 11.8. The molecule has 0 aliphatic carbocycles. The SMILES string of the molecule is C=CCNC(=O)[C@@H](C)Sc1nnc(CC(=O)OCC)n1C. The zero-order chi connectivity index (χ0) is 15.8. The van der Waals surface area contributed by atoms with E-state index >= 15 is 0 Å². The number of amides is 1. The van der Waals surface area contributed by atoms with Gasteiger partial charge >= 0.3 is 5.97 Å². The van der Waals surface area contributed by atoms with Gasteiger partial charge in [-0.2, -0.15) is 0 Å². The Hall–Kier alpha value is -1.83. The predicted octanol–water partition coefficient (Wildman–Crippen LogP) is 0.703. The van der Waals surface area contributed by atoms with Gasteiger partial charge in [-0.05, 0) is 13.8 Å². The van der Waals surface area contributed by atoms with Gasteiger partial charge in [0.25, 0.3) is 0 Å². The third-order valence-corrected chi connectivity index (χ3v) is 3.74. The van der Waals surface area contributed by atoms with Gasteiger partial charge in [0.1, 0.15) is 12.2 Å². The maximum absolute atomic E-state index is 11.8. The van der Waals surface area contributed by atoms with E-state index in [-0.39, 0.29) is 23.5 Å². The molecule has 0 aliphatic heterocycles. The van der Waals surface area contributed by atoms with Gasteiger partial charge in [0, 0.05) is 13.6 Å². The lowest BCUT2D eigenvalue weighted by molar-refractivity contribution is -0.142. The highest BCUT2D eigenvalue weighted by Gasteiger charge is 2.19. The standard InChI is InChI=1S/C13H20N4O3S/c1-5-7-14-12(19)9(3)21-13-16-15-10(17(13)4)8-11(18)20-6-2/h5,9H,1,6-8H2,2-4H3,(H,14,19)/t9-/m1/s1. The molecule has 0 unspecified atom stereocenters. The van der Waals surface area contributed by atoms with Crippen LogP contribution in [0.2, 0.25) is 0 Å². The number of nitrogens with one attached hydrogen (secondary N) is 1. The number of hydrogen-bond donors (Lipinski definition) is 1. The Morgan fingerprint density at radius 3 is 2.86 bits per heavy atom. The van der Waals surface area contributed by atoms with E-state index in [4.69, 9.17) is 4.74 Å². The predicted molar refractivity (Wildman–Crippen MR) is 79.9 cm³/mol. The third kappa shape index (κ3) is 5.22. The number of ether oxygens (including phenoxy) is 1. The van der Waals surface area contributed by atoms with Crippen LogP contribution < -0.4 is 5.32 Å². The molecule has 1 aromatic heterocycles. The van der Waals surface area contributed by atoms with Gasteiger partial charge in [-0.15, -0.1) is 16.8 Å². The molecule has 0 bridgehead atoms. The largest absolute Gasteiger partial charge is 0.466 e. The van der Waals surface area contributed by atoms with Crippen LogP contribution in [0.4, 0.5) is 0 Å². The van der Waals surface area contributed by atoms with Crippen LogP contribution in [-0.2, 0) is 27.8 Å². The van der Waals surface area contributed by atoms with Crippen molar-refractivity contribution in [3.8, 4) is 0 Å². The summed E-state index contributed by atoms with van der Waals surface area (Å²) in [5.74, 6) is 0.0609. The van der Waals surface area contributed by atoms with Crippen LogP contribution in [0, 0.1) is 0 Å². The molecule has 0 aromatic carbocycles. The van der Waals surface area contributed by atoms with E-state index in [1.54, 1.807) is 31.5 Å². The number of nitrogens with zero attached hydrogens (tertiary/aromatic N) is 3. The minimum atomic E-state index is -0.346. The molecule has 0 spiro atoms. The minimum Gasteiger partial charge on any atom is -0.466 e. The quantitative estimate of drug-likeness (QED) is 0.432. The Kier molecular flexibility index (Phi) is 6.93. The molecule has 116 valence electrons. The van der Waals surface area contributed by atoms with Gasteiger partial charge in [-0.1, -0.05) is 17.8 Å². The molecule has 1 heterocycles. The van der Waals surface area contributed by atoms with Gasteiger partial charge in [0.15, 0.2) is 5.16 Å². The number of carbonyl (C=O) groups excluding carboxylic acids is 2. The van der Waals surface area contributed by atoms with Gasteiger partial charge in [0.2, 0.25) is 5.91 Å². The fraction of sp³-hybridized carbons (Fsp3) is 0.538. The maximum Gasteiger partial charge on any atom is 0.313 e. The summed E-state index contributed by atoms with van der Waals surface area (Å²) in [6.45, 7) is 7.83. The summed E-state index contributed by atoms with van der Waals surface area (Å²) in [5, 5.41) is 10.9. The second kappa shape index (κ2) is 8.46. The number of rotatable bonds is 8. The van der Waals surface area contributed by atoms with Crippen molar-refractivity contribution in [2.24, 2.45) is 7.05 Å². The Labute approximate surface area is 128 Å². The lowest BCUT2D eigenvalue weighted by Crippen LogP contribution is -2.31. The summed E-state index contributed by atoms with van der Waals surface area (Å²) in [7, 11) is 1.76. The van der Waals surface area contributed by atoms with Crippen LogP contribution in [0.5, 0.6) is 0 Å². The van der Waals surface area contributed by atoms with Crippen molar-refractivity contribution in [3.63, 3.8) is 0 Å². The summed E-state index contributed by atoms with van der Waals surface area (Å²) in [5.41, 5.74) is 0. The molecular formula is C13H20N4O3S. The summed E-state index contributed by atoms with van der Waals surface area (Å²) in [6, 6.07) is 0. The fourth-order valence-corrected chi connectivity index (χ4v) is 2.33. The summed E-state index contributed by atoms with van der Waals surface area (Å²) in [4.78, 5) is 23.2. The minimum absolute atomic E-state index is 0.0644. The first-order chi connectivity index (χ1) is 9.99. The lowest BCUT2D eigenvalue weighted by Gasteiger charge is -2.10. The molecule has 8 heteroatoms. The molecular weight excluding hydrogens is 292 g/mol. The monoisotopic (exact) mass is 312 g/mol. The van der Waals surface area contributed by atoms with E-state index in [1.165, 1.54) is 11.8 Å². The van der Waals surface area contributed by atoms with Crippen LogP contribution in [0.15, 0.2) is 17.8 Å². The topological polar surface area (TPSA) is 86.1 Å². The Balaban J connectivity index is 2.64. The van der Waals surface area contributed by atoms with Crippen LogP contribution >= 0.6 is 11.8 Å². The van der Waals surface area contributed by atoms with E-state index in [0.29, 0.717) is 24.1 Å². The van der Waals surface area contributed by atoms with Gasteiger partial charge < -0.3 is 14.6 Å². The van der Waals surface area contributed by atoms with E-state index in [9.17, 15) is 9.59 Å². The Morgan fingerprint density at radius 1 is 1.52 bits per heavy atom. The molecule has 0 fully saturated rings. The first-order valence-electron chi connectivity index (χ1n) is 6.58. The molecule has 0 saturated carbocycles. The maximum atomic E-state index is 11.8. The molecule has 0 saturated heterocycles. The molecule has 0 aliphatic rings. The second-order valence-electron chi connectivity index (χ2n) is 4.23. The molecule has 7 nitrogen and oxygen atoms in total. The van der Waals surface area contributed by atoms with E-state index in [2.05, 4.69) is 22.1 Å². The third-order valence-electron chi connectivity index (χ3n) is 2.60. The van der Waals surface area contributed by atoms with Crippen LogP contribution in [0.1, 0.15) is 19.7 Å². The molecule has 21 heavy (non-hydrogen) atoms. The van der Waals surface area contributed by atoms with Crippen molar-refractivity contribution >= 4 is 23.6 Å². The molecule has 1 atom stereocenters. The second-order valence-corrected chi connectivity index (χ2v) is 5.54. The average Bonchev–Trinajstić information content (AvgIpc) is 2.77. The Bertz CT molecular complexity index is 516. The van der Waals surface area contributed by atoms with E-state index in [0.717, 1.165) is 0 Å². The van der Waals surface area contributed by atoms with Crippen molar-refractivity contribution in [2.45, 2.75) is 30.7 Å². The van der Waals surface area contributed by atoms with E-state index in [1.807, 2.05) is 0 Å². The first kappa shape index (κ1) is 17.2. The number of thioether (sulfide) groups is 1. The highest BCUT2D eigenvalue weighted by atomic mass is 32.2. The molecule has 1 aromatic rings. The summed E-state index contributed by atoms with van der Waals surface area (Å²) >= 11 is 1.28. The highest BCUT2D eigenvalue weighted by molar-refractivity contribution is 8.00. The molecule has 0 radical (unpaired) electrons. The van der Waals surface area contributed by atoms with Crippen molar-refractivity contribution in [1.29, 1.82) is 0 Å². The van der Waals surface area contributed by atoms with Gasteiger partial charge in [0.05, 0.1) is 11.9 Å². The number of hydrogen-bond acceptors (Lipinski definition) is 6. The van der Waals surface area contributed by atoms with Crippen LogP contribution in [0.3, 0.4) is 0 Å². The number of aromatic nitrogens is 3. The number of carbonyl (C=O) groups is 2. The zero-order valence-electron chi connectivity index (χ0n) is 12.5. The van der Waals surface area contributed by atoms with Crippen LogP contribution in [0.25, 0.3) is 0 Å². The smallest absolute Gasteiger partial charge is 0.313 e. The van der Waals surface area contributed by atoms with Crippen LogP contribution in [-0.4, -0.2) is 45.0 Å². The summed E-state index contributed by atoms with van der Waals surface area (Å²) < 4.78 is 6.57. The number of esters is 1. The van der Waals surface area contributed by atoms with Crippen molar-refractivity contribution in [1.82, 2.24) is 20.1 Å². The van der Waals surface area contributed by atoms with Gasteiger partial charge in [-0.3, -0.25) is 9.59 Å². The van der Waals surface area contributed by atoms with Crippen molar-refractivity contribution in [2.75, 3.05) is 13.2 Å².